The first-order valence-electron chi connectivity index (χ1n) is 10.0. The molecule has 0 aliphatic carbocycles. The number of ether oxygens (including phenoxy) is 1. The summed E-state index contributed by atoms with van der Waals surface area (Å²) in [6.45, 7) is 10.3. The molecule has 3 N–H and O–H groups in total. The Kier molecular flexibility index (Phi) is 11.7. The molecule has 0 spiro atoms. The Bertz CT molecular complexity index is 780. The topological polar surface area (TPSA) is 65.9 Å². The van der Waals surface area contributed by atoms with Gasteiger partial charge < -0.3 is 20.5 Å². The number of aliphatic hydroxyl groups excluding tert-OH is 1. The van der Waals surface area contributed by atoms with E-state index in [1.54, 1.807) is 0 Å². The molecule has 0 saturated heterocycles. The second-order valence-electron chi connectivity index (χ2n) is 6.92. The molecular weight excluding hydrogens is 477 g/mol. The molecule has 0 radical (unpaired) electrons. The van der Waals surface area contributed by atoms with Crippen LogP contribution in [0.25, 0.3) is 0 Å². The van der Waals surface area contributed by atoms with Gasteiger partial charge >= 0.3 is 0 Å². The van der Waals surface area contributed by atoms with Gasteiger partial charge in [0.1, 0.15) is 5.75 Å². The second kappa shape index (κ2) is 13.4. The summed E-state index contributed by atoms with van der Waals surface area (Å²) in [7, 11) is 0. The zero-order valence-corrected chi connectivity index (χ0v) is 20.2. The van der Waals surface area contributed by atoms with Crippen molar-refractivity contribution in [2.24, 2.45) is 4.99 Å². The fourth-order valence-electron chi connectivity index (χ4n) is 2.77. The van der Waals surface area contributed by atoms with Crippen LogP contribution in [-0.2, 0) is 19.7 Å². The van der Waals surface area contributed by atoms with Crippen LogP contribution in [0, 0.1) is 6.92 Å². The van der Waals surface area contributed by atoms with Crippen molar-refractivity contribution in [2.45, 2.75) is 59.9 Å². The number of nitrogens with zero attached hydrogens (tertiary/aromatic N) is 1. The maximum absolute atomic E-state index is 9.50. The molecule has 0 bridgehead atoms. The van der Waals surface area contributed by atoms with Crippen LogP contribution in [0.4, 0.5) is 0 Å². The molecule has 0 saturated carbocycles. The number of halogens is 1. The van der Waals surface area contributed by atoms with Crippen molar-refractivity contribution in [1.82, 2.24) is 10.6 Å². The summed E-state index contributed by atoms with van der Waals surface area (Å²) in [5.41, 5.74) is 4.23. The van der Waals surface area contributed by atoms with Crippen LogP contribution in [-0.4, -0.2) is 23.7 Å². The zero-order chi connectivity index (χ0) is 20.4. The largest absolute Gasteiger partial charge is 0.490 e. The number of aryl methyl sites for hydroxylation is 1. The quantitative estimate of drug-likeness (QED) is 0.263. The van der Waals surface area contributed by atoms with Crippen molar-refractivity contribution < 1.29 is 9.84 Å². The third-order valence-electron chi connectivity index (χ3n) is 4.61. The Morgan fingerprint density at radius 1 is 1.07 bits per heavy atom. The van der Waals surface area contributed by atoms with E-state index >= 15 is 0 Å². The maximum atomic E-state index is 9.50. The lowest BCUT2D eigenvalue weighted by atomic mass is 10.1. The predicted octanol–water partition coefficient (Wildman–Crippen LogP) is 4.54. The highest BCUT2D eigenvalue weighted by molar-refractivity contribution is 14.0. The van der Waals surface area contributed by atoms with Crippen molar-refractivity contribution in [3.8, 4) is 5.75 Å². The average molecular weight is 511 g/mol. The molecule has 0 fully saturated rings. The van der Waals surface area contributed by atoms with Crippen LogP contribution >= 0.6 is 24.0 Å². The highest BCUT2D eigenvalue weighted by Gasteiger charge is 2.08. The molecular formula is C23H34IN3O2. The molecule has 6 heteroatoms. The first kappa shape index (κ1) is 25.2. The van der Waals surface area contributed by atoms with Gasteiger partial charge in [0.25, 0.3) is 0 Å². The van der Waals surface area contributed by atoms with Crippen molar-refractivity contribution in [3.05, 3.63) is 64.7 Å². The summed E-state index contributed by atoms with van der Waals surface area (Å²) >= 11 is 0. The van der Waals surface area contributed by atoms with E-state index in [-0.39, 0.29) is 36.7 Å². The third-order valence-corrected chi connectivity index (χ3v) is 4.61. The maximum Gasteiger partial charge on any atom is 0.191 e. The Hall–Kier alpha value is -1.80. The Morgan fingerprint density at radius 3 is 2.45 bits per heavy atom. The van der Waals surface area contributed by atoms with E-state index in [4.69, 9.17) is 9.73 Å². The van der Waals surface area contributed by atoms with E-state index < -0.39 is 0 Å². The molecule has 2 aromatic rings. The summed E-state index contributed by atoms with van der Waals surface area (Å²) in [5, 5.41) is 16.1. The number of hydrogen-bond donors (Lipinski definition) is 3. The van der Waals surface area contributed by atoms with Gasteiger partial charge in [-0.25, -0.2) is 4.99 Å². The predicted molar refractivity (Wildman–Crippen MR) is 131 cm³/mol. The molecule has 2 rings (SSSR count). The van der Waals surface area contributed by atoms with Gasteiger partial charge in [0, 0.05) is 18.7 Å². The lowest BCUT2D eigenvalue weighted by Crippen LogP contribution is -2.37. The number of nitrogens with one attached hydrogen (secondary N) is 2. The van der Waals surface area contributed by atoms with Gasteiger partial charge in [-0.15, -0.1) is 24.0 Å². The first-order valence-corrected chi connectivity index (χ1v) is 10.0. The second-order valence-corrected chi connectivity index (χ2v) is 6.92. The number of benzene rings is 2. The van der Waals surface area contributed by atoms with E-state index in [9.17, 15) is 5.11 Å². The summed E-state index contributed by atoms with van der Waals surface area (Å²) in [4.78, 5) is 4.73. The minimum absolute atomic E-state index is 0. The monoisotopic (exact) mass is 511 g/mol. The minimum atomic E-state index is 0. The van der Waals surface area contributed by atoms with E-state index in [1.807, 2.05) is 31.2 Å². The Balaban J connectivity index is 0.00000420. The fraction of sp³-hybridized carbons (Fsp3) is 0.435. The number of aliphatic imine (C=N–C) groups is 1. The van der Waals surface area contributed by atoms with Crippen molar-refractivity contribution in [2.75, 3.05) is 6.54 Å². The first-order chi connectivity index (χ1) is 13.6. The van der Waals surface area contributed by atoms with Crippen LogP contribution in [0.1, 0.15) is 49.4 Å². The molecule has 160 valence electrons. The normalized spacial score (nSPS) is 12.1. The lowest BCUT2D eigenvalue weighted by molar-refractivity contribution is 0.215. The Labute approximate surface area is 192 Å². The van der Waals surface area contributed by atoms with Crippen LogP contribution < -0.4 is 15.4 Å². The van der Waals surface area contributed by atoms with Gasteiger partial charge in [0.2, 0.25) is 0 Å². The van der Waals surface area contributed by atoms with Crippen molar-refractivity contribution in [3.63, 3.8) is 0 Å². The molecule has 0 aliphatic rings. The highest BCUT2D eigenvalue weighted by atomic mass is 127. The van der Waals surface area contributed by atoms with Crippen LogP contribution in [0.5, 0.6) is 5.75 Å². The number of rotatable bonds is 9. The summed E-state index contributed by atoms with van der Waals surface area (Å²) < 4.78 is 6.09. The zero-order valence-electron chi connectivity index (χ0n) is 17.9. The van der Waals surface area contributed by atoms with Crippen LogP contribution in [0.15, 0.2) is 47.5 Å². The van der Waals surface area contributed by atoms with Crippen LogP contribution in [0.2, 0.25) is 0 Å². The molecule has 0 heterocycles. The van der Waals surface area contributed by atoms with Gasteiger partial charge in [0.05, 0.1) is 19.3 Å². The van der Waals surface area contributed by atoms with Gasteiger partial charge in [-0.2, -0.15) is 0 Å². The van der Waals surface area contributed by atoms with Crippen molar-refractivity contribution >= 4 is 29.9 Å². The fourth-order valence-corrected chi connectivity index (χ4v) is 2.77. The lowest BCUT2D eigenvalue weighted by Gasteiger charge is -2.17. The number of aliphatic hydroxyl groups is 1. The average Bonchev–Trinajstić information content (AvgIpc) is 2.71. The molecule has 0 amide bonds. The molecule has 5 nitrogen and oxygen atoms in total. The van der Waals surface area contributed by atoms with Gasteiger partial charge in [-0.05, 0) is 49.9 Å². The van der Waals surface area contributed by atoms with Gasteiger partial charge in [-0.3, -0.25) is 0 Å². The smallest absolute Gasteiger partial charge is 0.191 e. The minimum Gasteiger partial charge on any atom is -0.490 e. The molecule has 1 atom stereocenters. The number of hydrogen-bond acceptors (Lipinski definition) is 3. The molecule has 0 aromatic heterocycles. The summed E-state index contributed by atoms with van der Waals surface area (Å²) in [6, 6.07) is 14.1. The highest BCUT2D eigenvalue weighted by Crippen LogP contribution is 2.23. The van der Waals surface area contributed by atoms with E-state index in [0.29, 0.717) is 13.1 Å². The van der Waals surface area contributed by atoms with E-state index in [2.05, 4.69) is 49.6 Å². The SMILES string of the molecule is CCNC(=NCc1ccc(C)cc1OC(C)CC)NCc1ccccc1CO.I. The molecule has 29 heavy (non-hydrogen) atoms. The van der Waals surface area contributed by atoms with E-state index in [0.717, 1.165) is 41.4 Å². The summed E-state index contributed by atoms with van der Waals surface area (Å²) in [6.07, 6.45) is 1.14. The number of guanidine groups is 1. The van der Waals surface area contributed by atoms with Crippen LogP contribution in [0.3, 0.4) is 0 Å². The Morgan fingerprint density at radius 2 is 1.79 bits per heavy atom. The van der Waals surface area contributed by atoms with Gasteiger partial charge in [-0.1, -0.05) is 43.3 Å². The molecule has 1 unspecified atom stereocenters. The third kappa shape index (κ3) is 8.22. The van der Waals surface area contributed by atoms with E-state index in [1.165, 1.54) is 5.56 Å². The molecule has 0 aliphatic heterocycles. The molecule has 2 aromatic carbocycles. The standard InChI is InChI=1S/C23H33N3O2.HI/c1-5-18(4)28-22-13-17(3)11-12-20(22)15-26-23(24-6-2)25-14-19-9-7-8-10-21(19)16-27;/h7-13,18,27H,5-6,14-16H2,1-4H3,(H2,24,25,26);1H. The summed E-state index contributed by atoms with van der Waals surface area (Å²) in [5.74, 6) is 1.64. The van der Waals surface area contributed by atoms with Crippen molar-refractivity contribution in [1.29, 1.82) is 0 Å². The van der Waals surface area contributed by atoms with Gasteiger partial charge in [0.15, 0.2) is 5.96 Å².